The third-order valence-electron chi connectivity index (χ3n) is 7.11. The van der Waals surface area contributed by atoms with Gasteiger partial charge in [-0.1, -0.05) is 6.07 Å². The molecule has 0 spiro atoms. The van der Waals surface area contributed by atoms with Crippen molar-refractivity contribution < 1.29 is 31.9 Å². The number of benzene rings is 1. The number of hydrogen-bond donors (Lipinski definition) is 0. The highest BCUT2D eigenvalue weighted by Gasteiger charge is 2.40. The van der Waals surface area contributed by atoms with Gasteiger partial charge in [0.1, 0.15) is 24.2 Å². The Morgan fingerprint density at radius 1 is 1.02 bits per heavy atom. The van der Waals surface area contributed by atoms with E-state index in [-0.39, 0.29) is 42.4 Å². The summed E-state index contributed by atoms with van der Waals surface area (Å²) in [5, 5.41) is 4.84. The van der Waals surface area contributed by atoms with Crippen molar-refractivity contribution in [3.63, 3.8) is 0 Å². The van der Waals surface area contributed by atoms with Gasteiger partial charge in [0.25, 0.3) is 0 Å². The van der Waals surface area contributed by atoms with Crippen molar-refractivity contribution in [2.75, 3.05) is 6.54 Å². The van der Waals surface area contributed by atoms with Crippen molar-refractivity contribution in [2.24, 2.45) is 0 Å². The van der Waals surface area contributed by atoms with Crippen LogP contribution in [0.4, 0.5) is 17.6 Å². The van der Waals surface area contributed by atoms with Gasteiger partial charge >= 0.3 is 6.18 Å². The summed E-state index contributed by atoms with van der Waals surface area (Å²) in [6.07, 6.45) is -3.57. The molecule has 13 heteroatoms. The van der Waals surface area contributed by atoms with Gasteiger partial charge in [0.2, 0.25) is 5.91 Å². The zero-order valence-corrected chi connectivity index (χ0v) is 22.9. The molecule has 1 amide bonds. The first kappa shape index (κ1) is 29.0. The van der Waals surface area contributed by atoms with E-state index in [1.807, 2.05) is 0 Å². The third kappa shape index (κ3) is 5.90. The number of hydrogen-bond acceptors (Lipinski definition) is 7. The second-order valence-corrected chi connectivity index (χ2v) is 10.3. The van der Waals surface area contributed by atoms with Gasteiger partial charge in [0.05, 0.1) is 30.1 Å². The average Bonchev–Trinajstić information content (AvgIpc) is 3.49. The molecular formula is C29H26F4N6O3. The van der Waals surface area contributed by atoms with Gasteiger partial charge in [-0.15, -0.1) is 0 Å². The molecule has 9 nitrogen and oxygen atoms in total. The fourth-order valence-electron chi connectivity index (χ4n) is 5.15. The number of aryl methyl sites for hydroxylation is 2. The number of amides is 1. The highest BCUT2D eigenvalue weighted by Crippen LogP contribution is 2.31. The molecule has 0 unspecified atom stereocenters. The average molecular weight is 583 g/mol. The zero-order valence-electron chi connectivity index (χ0n) is 22.9. The van der Waals surface area contributed by atoms with Crippen LogP contribution in [0.15, 0.2) is 42.7 Å². The maximum Gasteiger partial charge on any atom is 0.416 e. The van der Waals surface area contributed by atoms with E-state index in [4.69, 9.17) is 0 Å². The van der Waals surface area contributed by atoms with E-state index in [9.17, 15) is 31.9 Å². The molecule has 0 radical (unpaired) electrons. The molecular weight excluding hydrogens is 556 g/mol. The van der Waals surface area contributed by atoms with Crippen molar-refractivity contribution in [3.05, 3.63) is 71.2 Å². The predicted octanol–water partition coefficient (Wildman–Crippen LogP) is 4.48. The second-order valence-electron chi connectivity index (χ2n) is 10.3. The zero-order chi connectivity index (χ0) is 30.3. The molecule has 1 aliphatic rings. The molecule has 218 valence electrons. The van der Waals surface area contributed by atoms with E-state index in [1.165, 1.54) is 18.5 Å². The summed E-state index contributed by atoms with van der Waals surface area (Å²) in [5.41, 5.74) is 1.11. The van der Waals surface area contributed by atoms with E-state index in [1.54, 1.807) is 37.5 Å². The lowest BCUT2D eigenvalue weighted by molar-refractivity contribution is -0.138. The van der Waals surface area contributed by atoms with Gasteiger partial charge in [-0.2, -0.15) is 18.3 Å². The lowest BCUT2D eigenvalue weighted by Gasteiger charge is -2.23. The Morgan fingerprint density at radius 2 is 1.74 bits per heavy atom. The van der Waals surface area contributed by atoms with Crippen LogP contribution in [-0.4, -0.2) is 65.9 Å². The standard InChI is InChI=1S/C29H26F4N6O3/c1-15-6-20(29(31,32)33)8-22(36-15)10-26(41)25-9-21(30)13-38(25)27(42)14-39-24-5-4-18(19-11-34-17(3)35-12-19)7-23(24)28(37-39)16(2)40/h4-8,11-12,21,25H,9-10,13-14H2,1-3H3/t21-,25+/m1/s1. The highest BCUT2D eigenvalue weighted by molar-refractivity contribution is 6.06. The van der Waals surface area contributed by atoms with E-state index in [0.717, 1.165) is 28.2 Å². The van der Waals surface area contributed by atoms with Crippen molar-refractivity contribution >= 4 is 28.4 Å². The lowest BCUT2D eigenvalue weighted by atomic mass is 10.0. The van der Waals surface area contributed by atoms with Crippen molar-refractivity contribution in [2.45, 2.75) is 58.5 Å². The van der Waals surface area contributed by atoms with Crippen LogP contribution < -0.4 is 0 Å². The predicted molar refractivity (Wildman–Crippen MR) is 143 cm³/mol. The molecule has 1 saturated heterocycles. The quantitative estimate of drug-likeness (QED) is 0.233. The van der Waals surface area contributed by atoms with Crippen LogP contribution in [0.2, 0.25) is 0 Å². The van der Waals surface area contributed by atoms with Crippen LogP contribution in [0.5, 0.6) is 0 Å². The highest BCUT2D eigenvalue weighted by atomic mass is 19.4. The number of nitrogens with zero attached hydrogens (tertiary/aromatic N) is 6. The van der Waals surface area contributed by atoms with Gasteiger partial charge in [-0.05, 0) is 43.7 Å². The number of rotatable bonds is 7. The van der Waals surface area contributed by atoms with E-state index in [0.29, 0.717) is 16.7 Å². The Balaban J connectivity index is 1.39. The molecule has 42 heavy (non-hydrogen) atoms. The van der Waals surface area contributed by atoms with Crippen molar-refractivity contribution in [1.29, 1.82) is 0 Å². The number of carbonyl (C=O) groups excluding carboxylic acids is 3. The molecule has 3 aromatic heterocycles. The molecule has 4 heterocycles. The van der Waals surface area contributed by atoms with Gasteiger partial charge in [0.15, 0.2) is 11.6 Å². The molecule has 0 aliphatic carbocycles. The SMILES string of the molecule is CC(=O)c1nn(CC(=O)N2C[C@H](F)C[C@H]2C(=O)Cc2cc(C(F)(F)F)cc(C)n2)c2ccc(-c3cnc(C)nc3)cc12. The fourth-order valence-corrected chi connectivity index (χ4v) is 5.15. The lowest BCUT2D eigenvalue weighted by Crippen LogP contribution is -2.43. The Labute approximate surface area is 237 Å². The molecule has 1 fully saturated rings. The normalized spacial score (nSPS) is 17.2. The largest absolute Gasteiger partial charge is 0.416 e. The number of pyridine rings is 1. The van der Waals surface area contributed by atoms with Crippen molar-refractivity contribution in [3.8, 4) is 11.1 Å². The maximum atomic E-state index is 14.5. The van der Waals surface area contributed by atoms with Gasteiger partial charge in [-0.3, -0.25) is 24.0 Å². The first-order chi connectivity index (χ1) is 19.8. The molecule has 1 aliphatic heterocycles. The van der Waals surface area contributed by atoms with E-state index < -0.39 is 42.1 Å². The van der Waals surface area contributed by atoms with Crippen LogP contribution in [0.3, 0.4) is 0 Å². The number of aromatic nitrogens is 5. The van der Waals surface area contributed by atoms with E-state index in [2.05, 4.69) is 20.1 Å². The molecule has 1 aromatic carbocycles. The Morgan fingerprint density at radius 3 is 2.40 bits per heavy atom. The number of carbonyl (C=O) groups is 3. The summed E-state index contributed by atoms with van der Waals surface area (Å²) >= 11 is 0. The number of Topliss-reactive ketones (excluding diaryl/α,β-unsaturated/α-hetero) is 2. The topological polar surface area (TPSA) is 111 Å². The minimum Gasteiger partial charge on any atom is -0.328 e. The summed E-state index contributed by atoms with van der Waals surface area (Å²) in [7, 11) is 0. The molecule has 5 rings (SSSR count). The van der Waals surface area contributed by atoms with Gasteiger partial charge < -0.3 is 4.90 Å². The number of halogens is 4. The first-order valence-corrected chi connectivity index (χ1v) is 13.1. The number of likely N-dealkylation sites (tertiary alicyclic amines) is 1. The summed E-state index contributed by atoms with van der Waals surface area (Å²) in [6.45, 7) is 3.76. The molecule has 2 atom stereocenters. The molecule has 4 aromatic rings. The van der Waals surface area contributed by atoms with Crippen LogP contribution in [0.25, 0.3) is 22.0 Å². The summed E-state index contributed by atoms with van der Waals surface area (Å²) in [5.74, 6) is -0.955. The minimum absolute atomic E-state index is 0.0836. The van der Waals surface area contributed by atoms with Gasteiger partial charge in [0, 0.05) is 48.1 Å². The van der Waals surface area contributed by atoms with Crippen LogP contribution >= 0.6 is 0 Å². The Hall–Kier alpha value is -4.55. The monoisotopic (exact) mass is 582 g/mol. The maximum absolute atomic E-state index is 14.5. The smallest absolute Gasteiger partial charge is 0.328 e. The molecule has 0 saturated carbocycles. The number of ketones is 2. The van der Waals surface area contributed by atoms with Crippen molar-refractivity contribution in [1.82, 2.24) is 29.6 Å². The van der Waals surface area contributed by atoms with Gasteiger partial charge in [-0.25, -0.2) is 14.4 Å². The second kappa shape index (κ2) is 11.0. The molecule has 0 N–H and O–H groups in total. The number of fused-ring (bicyclic) bond motifs is 1. The van der Waals surface area contributed by atoms with Crippen LogP contribution in [-0.2, 0) is 28.7 Å². The Bertz CT molecular complexity index is 1700. The first-order valence-electron chi connectivity index (χ1n) is 13.1. The third-order valence-corrected chi connectivity index (χ3v) is 7.11. The molecule has 0 bridgehead atoms. The summed E-state index contributed by atoms with van der Waals surface area (Å²) < 4.78 is 55.6. The van der Waals surface area contributed by atoms with E-state index >= 15 is 0 Å². The van der Waals surface area contributed by atoms with Crippen LogP contribution in [0, 0.1) is 13.8 Å². The number of alkyl halides is 4. The summed E-state index contributed by atoms with van der Waals surface area (Å²) in [6, 6.07) is 5.70. The van der Waals surface area contributed by atoms with Crippen LogP contribution in [0.1, 0.15) is 46.6 Å². The Kier molecular flexibility index (Phi) is 7.60. The fraction of sp³-hybridized carbons (Fsp3) is 0.345. The minimum atomic E-state index is -4.62. The summed E-state index contributed by atoms with van der Waals surface area (Å²) in [4.78, 5) is 52.4.